The van der Waals surface area contributed by atoms with Gasteiger partial charge in [-0.25, -0.2) is 0 Å². The van der Waals surface area contributed by atoms with Crippen LogP contribution in [0.15, 0.2) is 42.5 Å². The van der Waals surface area contributed by atoms with Gasteiger partial charge < -0.3 is 19.5 Å². The van der Waals surface area contributed by atoms with E-state index < -0.39 is 0 Å². The van der Waals surface area contributed by atoms with Gasteiger partial charge in [0.25, 0.3) is 0 Å². The number of hydrogen-bond donors (Lipinski definition) is 1. The molecule has 0 unspecified atom stereocenters. The van der Waals surface area contributed by atoms with Crippen LogP contribution in [0.25, 0.3) is 6.08 Å². The molecule has 0 aromatic heterocycles. The summed E-state index contributed by atoms with van der Waals surface area (Å²) >= 11 is 0. The van der Waals surface area contributed by atoms with Gasteiger partial charge in [-0.2, -0.15) is 0 Å². The molecule has 0 saturated heterocycles. The Bertz CT molecular complexity index is 833. The summed E-state index contributed by atoms with van der Waals surface area (Å²) in [5.74, 6) is 1.44. The van der Waals surface area contributed by atoms with Crippen LogP contribution in [0.1, 0.15) is 37.5 Å². The zero-order chi connectivity index (χ0) is 20.7. The monoisotopic (exact) mass is 383 g/mol. The van der Waals surface area contributed by atoms with Crippen molar-refractivity contribution in [2.24, 2.45) is 0 Å². The molecule has 0 radical (unpaired) electrons. The molecule has 0 saturated carbocycles. The topological polar surface area (TPSA) is 56.8 Å². The van der Waals surface area contributed by atoms with Crippen LogP contribution in [-0.2, 0) is 16.8 Å². The van der Waals surface area contributed by atoms with E-state index >= 15 is 0 Å². The van der Waals surface area contributed by atoms with Crippen LogP contribution in [-0.4, -0.2) is 27.2 Å². The quantitative estimate of drug-likeness (QED) is 0.723. The molecule has 0 aliphatic rings. The number of nitrogens with one attached hydrogen (secondary N) is 1. The molecule has 2 aromatic carbocycles. The zero-order valence-corrected chi connectivity index (χ0v) is 17.5. The molecule has 2 aromatic rings. The Morgan fingerprint density at radius 1 is 0.929 bits per heavy atom. The first-order valence-corrected chi connectivity index (χ1v) is 9.14. The maximum Gasteiger partial charge on any atom is 0.244 e. The molecule has 5 heteroatoms. The van der Waals surface area contributed by atoms with Crippen molar-refractivity contribution in [2.45, 2.75) is 32.7 Å². The summed E-state index contributed by atoms with van der Waals surface area (Å²) in [6.07, 6.45) is 3.33. The van der Waals surface area contributed by atoms with E-state index in [9.17, 15) is 4.79 Å². The highest BCUT2D eigenvalue weighted by atomic mass is 16.5. The first-order valence-electron chi connectivity index (χ1n) is 9.14. The van der Waals surface area contributed by atoms with E-state index in [1.165, 1.54) is 11.6 Å². The summed E-state index contributed by atoms with van der Waals surface area (Å²) in [4.78, 5) is 12.2. The Morgan fingerprint density at radius 2 is 1.57 bits per heavy atom. The fourth-order valence-electron chi connectivity index (χ4n) is 2.81. The third kappa shape index (κ3) is 5.28. The van der Waals surface area contributed by atoms with E-state index in [1.54, 1.807) is 33.5 Å². The minimum absolute atomic E-state index is 0.109. The third-order valence-electron chi connectivity index (χ3n) is 4.44. The first kappa shape index (κ1) is 21.4. The molecule has 1 N–H and O–H groups in total. The van der Waals surface area contributed by atoms with Gasteiger partial charge in [-0.1, -0.05) is 45.0 Å². The number of carbonyl (C=O) groups excluding carboxylic acids is 1. The highest BCUT2D eigenvalue weighted by molar-refractivity contribution is 5.91. The Hall–Kier alpha value is -2.95. The lowest BCUT2D eigenvalue weighted by atomic mass is 9.87. The van der Waals surface area contributed by atoms with E-state index in [4.69, 9.17) is 14.2 Å². The van der Waals surface area contributed by atoms with E-state index in [0.717, 1.165) is 11.1 Å². The first-order chi connectivity index (χ1) is 13.3. The fraction of sp³-hybridized carbons (Fsp3) is 0.348. The van der Waals surface area contributed by atoms with Crippen molar-refractivity contribution in [1.82, 2.24) is 5.32 Å². The van der Waals surface area contributed by atoms with Crippen molar-refractivity contribution in [2.75, 3.05) is 21.3 Å². The number of methoxy groups -OCH3 is 3. The third-order valence-corrected chi connectivity index (χ3v) is 4.44. The van der Waals surface area contributed by atoms with Gasteiger partial charge >= 0.3 is 0 Å². The van der Waals surface area contributed by atoms with E-state index in [-0.39, 0.29) is 11.3 Å². The number of hydrogen-bond acceptors (Lipinski definition) is 4. The number of benzene rings is 2. The number of rotatable bonds is 7. The Labute approximate surface area is 167 Å². The smallest absolute Gasteiger partial charge is 0.244 e. The predicted octanol–water partition coefficient (Wildman–Crippen LogP) is 4.34. The van der Waals surface area contributed by atoms with Gasteiger partial charge in [0, 0.05) is 18.2 Å². The van der Waals surface area contributed by atoms with Crippen LogP contribution in [0.3, 0.4) is 0 Å². The minimum Gasteiger partial charge on any atom is -0.493 e. The molecule has 1 amide bonds. The minimum atomic E-state index is -0.184. The molecule has 5 nitrogen and oxygen atoms in total. The van der Waals surface area contributed by atoms with Gasteiger partial charge in [-0.3, -0.25) is 4.79 Å². The van der Waals surface area contributed by atoms with Crippen LogP contribution in [0.5, 0.6) is 17.2 Å². The number of ether oxygens (including phenoxy) is 3. The molecule has 0 fully saturated rings. The lowest BCUT2D eigenvalue weighted by Crippen LogP contribution is -2.20. The van der Waals surface area contributed by atoms with Gasteiger partial charge in [0.1, 0.15) is 0 Å². The largest absolute Gasteiger partial charge is 0.493 e. The molecule has 0 bridgehead atoms. The zero-order valence-electron chi connectivity index (χ0n) is 17.5. The molecule has 28 heavy (non-hydrogen) atoms. The van der Waals surface area contributed by atoms with Gasteiger partial charge in [0.2, 0.25) is 11.7 Å². The maximum atomic E-state index is 12.2. The Morgan fingerprint density at radius 3 is 2.11 bits per heavy atom. The van der Waals surface area contributed by atoms with Crippen molar-refractivity contribution in [3.05, 3.63) is 59.2 Å². The van der Waals surface area contributed by atoms with E-state index in [1.807, 2.05) is 18.2 Å². The van der Waals surface area contributed by atoms with Gasteiger partial charge in [0.15, 0.2) is 11.5 Å². The van der Waals surface area contributed by atoms with Crippen LogP contribution >= 0.6 is 0 Å². The standard InChI is InChI=1S/C23H29NO4/c1-23(2,3)18-11-7-16(8-12-18)9-14-20(25)24-15-17-10-13-19(26-4)22(28-6)21(17)27-5/h7-14H,15H2,1-6H3,(H,24,25)/b14-9+. The average molecular weight is 383 g/mol. The normalized spacial score (nSPS) is 11.4. The predicted molar refractivity (Wildman–Crippen MR) is 112 cm³/mol. The number of amides is 1. The Kier molecular flexibility index (Phi) is 7.10. The molecular formula is C23H29NO4. The van der Waals surface area contributed by atoms with E-state index in [0.29, 0.717) is 23.8 Å². The lowest BCUT2D eigenvalue weighted by Gasteiger charge is -2.18. The van der Waals surface area contributed by atoms with Crippen molar-refractivity contribution < 1.29 is 19.0 Å². The van der Waals surface area contributed by atoms with Crippen molar-refractivity contribution in [3.8, 4) is 17.2 Å². The maximum absolute atomic E-state index is 12.2. The van der Waals surface area contributed by atoms with Crippen LogP contribution in [0.2, 0.25) is 0 Å². The summed E-state index contributed by atoms with van der Waals surface area (Å²) in [5.41, 5.74) is 3.15. The second kappa shape index (κ2) is 9.31. The molecule has 0 heterocycles. The van der Waals surface area contributed by atoms with Gasteiger partial charge in [0.05, 0.1) is 21.3 Å². The summed E-state index contributed by atoms with van der Waals surface area (Å²) in [5, 5.41) is 2.87. The van der Waals surface area contributed by atoms with Crippen LogP contribution < -0.4 is 19.5 Å². The SMILES string of the molecule is COc1ccc(CNC(=O)/C=C/c2ccc(C(C)(C)C)cc2)c(OC)c1OC. The molecule has 0 spiro atoms. The molecule has 0 aliphatic heterocycles. The average Bonchev–Trinajstić information content (AvgIpc) is 2.69. The van der Waals surface area contributed by atoms with Crippen molar-refractivity contribution >= 4 is 12.0 Å². The molecule has 150 valence electrons. The van der Waals surface area contributed by atoms with Gasteiger partial charge in [-0.15, -0.1) is 0 Å². The summed E-state index contributed by atoms with van der Waals surface area (Å²) < 4.78 is 16.1. The Balaban J connectivity index is 2.03. The molecule has 0 aliphatic carbocycles. The van der Waals surface area contributed by atoms with Gasteiger partial charge in [-0.05, 0) is 34.8 Å². The van der Waals surface area contributed by atoms with E-state index in [2.05, 4.69) is 38.2 Å². The second-order valence-electron chi connectivity index (χ2n) is 7.42. The highest BCUT2D eigenvalue weighted by Gasteiger charge is 2.16. The van der Waals surface area contributed by atoms with Crippen LogP contribution in [0, 0.1) is 0 Å². The van der Waals surface area contributed by atoms with Crippen molar-refractivity contribution in [1.29, 1.82) is 0 Å². The second-order valence-corrected chi connectivity index (χ2v) is 7.42. The molecular weight excluding hydrogens is 354 g/mol. The molecule has 2 rings (SSSR count). The lowest BCUT2D eigenvalue weighted by molar-refractivity contribution is -0.116. The summed E-state index contributed by atoms with van der Waals surface area (Å²) in [6, 6.07) is 11.8. The number of carbonyl (C=O) groups is 1. The summed E-state index contributed by atoms with van der Waals surface area (Å²) in [6.45, 7) is 6.84. The fourth-order valence-corrected chi connectivity index (χ4v) is 2.81. The van der Waals surface area contributed by atoms with Crippen LogP contribution in [0.4, 0.5) is 0 Å². The molecule has 0 atom stereocenters. The summed E-state index contributed by atoms with van der Waals surface area (Å²) in [7, 11) is 4.68. The van der Waals surface area contributed by atoms with Crippen molar-refractivity contribution in [3.63, 3.8) is 0 Å². The highest BCUT2D eigenvalue weighted by Crippen LogP contribution is 2.39.